The van der Waals surface area contributed by atoms with Gasteiger partial charge in [0.15, 0.2) is 0 Å². The first kappa shape index (κ1) is 14.2. The Bertz CT molecular complexity index is 529. The third kappa shape index (κ3) is 3.41. The van der Waals surface area contributed by atoms with E-state index in [9.17, 15) is 0 Å². The predicted octanol–water partition coefficient (Wildman–Crippen LogP) is 0.572. The number of nitrogens with one attached hydrogen (secondary N) is 1. The first-order chi connectivity index (χ1) is 9.74. The van der Waals surface area contributed by atoms with E-state index < -0.39 is 0 Å². The van der Waals surface area contributed by atoms with E-state index in [2.05, 4.69) is 25.3 Å². The van der Waals surface area contributed by atoms with Crippen LogP contribution in [0.15, 0.2) is 18.7 Å². The van der Waals surface area contributed by atoms with Gasteiger partial charge in [-0.3, -0.25) is 4.57 Å². The number of imidazole rings is 1. The maximum atomic E-state index is 5.34. The summed E-state index contributed by atoms with van der Waals surface area (Å²) in [7, 11) is 3.70. The number of likely N-dealkylation sites (N-methyl/N-ethyl adjacent to an activating group) is 1. The van der Waals surface area contributed by atoms with Crippen molar-refractivity contribution in [2.75, 3.05) is 44.1 Å². The molecule has 8 nitrogen and oxygen atoms in total. The van der Waals surface area contributed by atoms with Crippen molar-refractivity contribution in [1.82, 2.24) is 24.5 Å². The molecule has 0 aliphatic heterocycles. The van der Waals surface area contributed by atoms with Gasteiger partial charge in [-0.25, -0.2) is 4.98 Å². The zero-order valence-electron chi connectivity index (χ0n) is 11.9. The van der Waals surface area contributed by atoms with E-state index in [-0.39, 0.29) is 0 Å². The van der Waals surface area contributed by atoms with Crippen LogP contribution in [-0.4, -0.2) is 58.4 Å². The number of hydrogen-bond donors (Lipinski definition) is 1. The van der Waals surface area contributed by atoms with Crippen molar-refractivity contribution in [2.24, 2.45) is 0 Å². The van der Waals surface area contributed by atoms with Crippen LogP contribution < -0.4 is 10.2 Å². The third-order valence-corrected chi connectivity index (χ3v) is 2.69. The molecule has 0 atom stereocenters. The van der Waals surface area contributed by atoms with Crippen molar-refractivity contribution in [3.63, 3.8) is 0 Å². The highest BCUT2D eigenvalue weighted by atomic mass is 16.5. The molecule has 8 heteroatoms. The summed E-state index contributed by atoms with van der Waals surface area (Å²) in [5.74, 6) is 1.63. The van der Waals surface area contributed by atoms with E-state index in [1.54, 1.807) is 30.3 Å². The maximum Gasteiger partial charge on any atom is 0.241 e. The number of ether oxygens (including phenoxy) is 1. The van der Waals surface area contributed by atoms with E-state index in [1.807, 2.05) is 18.9 Å². The minimum absolute atomic E-state index is 0.516. The van der Waals surface area contributed by atoms with Gasteiger partial charge in [0.1, 0.15) is 6.33 Å². The summed E-state index contributed by atoms with van der Waals surface area (Å²) in [6, 6.07) is 0. The Hall–Kier alpha value is -2.22. The first-order valence-corrected chi connectivity index (χ1v) is 6.45. The molecule has 2 aromatic heterocycles. The van der Waals surface area contributed by atoms with E-state index >= 15 is 0 Å². The Balaban J connectivity index is 2.22. The van der Waals surface area contributed by atoms with Gasteiger partial charge >= 0.3 is 0 Å². The van der Waals surface area contributed by atoms with Crippen LogP contribution in [0.5, 0.6) is 0 Å². The average Bonchev–Trinajstić information content (AvgIpc) is 3.01. The monoisotopic (exact) mass is 277 g/mol. The van der Waals surface area contributed by atoms with Gasteiger partial charge in [0.25, 0.3) is 0 Å². The van der Waals surface area contributed by atoms with Crippen LogP contribution in [0, 0.1) is 0 Å². The highest BCUT2D eigenvalue weighted by Gasteiger charge is 2.10. The topological polar surface area (TPSA) is 81.0 Å². The van der Waals surface area contributed by atoms with Gasteiger partial charge in [-0.1, -0.05) is 0 Å². The second-order valence-electron chi connectivity index (χ2n) is 4.10. The maximum absolute atomic E-state index is 5.34. The molecule has 0 amide bonds. The number of anilines is 2. The second kappa shape index (κ2) is 6.80. The van der Waals surface area contributed by atoms with Crippen LogP contribution in [0.3, 0.4) is 0 Å². The largest absolute Gasteiger partial charge is 0.380 e. The predicted molar refractivity (Wildman–Crippen MR) is 76.3 cm³/mol. The summed E-state index contributed by atoms with van der Waals surface area (Å²) in [6.07, 6.45) is 5.12. The van der Waals surface area contributed by atoms with E-state index in [1.165, 1.54) is 0 Å². The fourth-order valence-electron chi connectivity index (χ4n) is 1.58. The number of rotatable bonds is 7. The van der Waals surface area contributed by atoms with Crippen LogP contribution in [0.2, 0.25) is 0 Å². The van der Waals surface area contributed by atoms with E-state index in [0.29, 0.717) is 37.6 Å². The minimum atomic E-state index is 0.516. The van der Waals surface area contributed by atoms with Gasteiger partial charge in [0.2, 0.25) is 17.8 Å². The molecule has 2 rings (SSSR count). The number of nitrogens with zero attached hydrogens (tertiary/aromatic N) is 6. The fraction of sp³-hybridized carbons (Fsp3) is 0.500. The van der Waals surface area contributed by atoms with Gasteiger partial charge < -0.3 is 15.0 Å². The van der Waals surface area contributed by atoms with Gasteiger partial charge in [0.05, 0.1) is 6.61 Å². The van der Waals surface area contributed by atoms with Gasteiger partial charge in [-0.2, -0.15) is 15.0 Å². The van der Waals surface area contributed by atoms with Crippen LogP contribution in [0.1, 0.15) is 6.92 Å². The van der Waals surface area contributed by atoms with Crippen LogP contribution >= 0.6 is 0 Å². The molecule has 2 heterocycles. The molecule has 108 valence electrons. The van der Waals surface area contributed by atoms with Crippen molar-refractivity contribution in [3.05, 3.63) is 18.7 Å². The Morgan fingerprint density at radius 1 is 1.35 bits per heavy atom. The van der Waals surface area contributed by atoms with Crippen molar-refractivity contribution in [2.45, 2.75) is 6.92 Å². The molecule has 2 aromatic rings. The SMILES string of the molecule is CCOCCN(C)c1nc(NC)nc(-n2ccnc2)n1. The molecule has 0 fully saturated rings. The minimum Gasteiger partial charge on any atom is -0.380 e. The third-order valence-electron chi connectivity index (χ3n) is 2.69. The molecule has 0 aliphatic carbocycles. The zero-order chi connectivity index (χ0) is 14.4. The molecule has 20 heavy (non-hydrogen) atoms. The molecule has 0 saturated heterocycles. The lowest BCUT2D eigenvalue weighted by molar-refractivity contribution is 0.154. The smallest absolute Gasteiger partial charge is 0.241 e. The van der Waals surface area contributed by atoms with Crippen LogP contribution in [0.25, 0.3) is 5.95 Å². The standard InChI is InChI=1S/C12H19N7O/c1-4-20-8-7-18(3)11-15-10(13-2)16-12(17-11)19-6-5-14-9-19/h5-6,9H,4,7-8H2,1-3H3,(H,13,15,16,17). The van der Waals surface area contributed by atoms with Gasteiger partial charge in [-0.15, -0.1) is 0 Å². The lowest BCUT2D eigenvalue weighted by Crippen LogP contribution is -2.25. The van der Waals surface area contributed by atoms with E-state index in [4.69, 9.17) is 4.74 Å². The second-order valence-corrected chi connectivity index (χ2v) is 4.10. The van der Waals surface area contributed by atoms with Gasteiger partial charge in [-0.05, 0) is 6.92 Å². The zero-order valence-corrected chi connectivity index (χ0v) is 11.9. The van der Waals surface area contributed by atoms with Crippen molar-refractivity contribution < 1.29 is 4.74 Å². The van der Waals surface area contributed by atoms with Gasteiger partial charge in [0, 0.05) is 39.6 Å². The molecular formula is C12H19N7O. The van der Waals surface area contributed by atoms with Crippen LogP contribution in [0.4, 0.5) is 11.9 Å². The Labute approximate surface area is 117 Å². The summed E-state index contributed by atoms with van der Waals surface area (Å²) in [4.78, 5) is 19.0. The molecule has 1 N–H and O–H groups in total. The van der Waals surface area contributed by atoms with E-state index in [0.717, 1.165) is 0 Å². The quantitative estimate of drug-likeness (QED) is 0.741. The molecular weight excluding hydrogens is 258 g/mol. The summed E-state index contributed by atoms with van der Waals surface area (Å²) < 4.78 is 7.08. The normalized spacial score (nSPS) is 10.6. The molecule has 0 radical (unpaired) electrons. The number of hydrogen-bond acceptors (Lipinski definition) is 7. The molecule has 0 spiro atoms. The summed E-state index contributed by atoms with van der Waals surface area (Å²) in [6.45, 7) is 4.02. The summed E-state index contributed by atoms with van der Waals surface area (Å²) in [5, 5.41) is 2.94. The highest BCUT2D eigenvalue weighted by molar-refractivity contribution is 5.39. The molecule has 0 saturated carbocycles. The number of aromatic nitrogens is 5. The summed E-state index contributed by atoms with van der Waals surface area (Å²) >= 11 is 0. The Morgan fingerprint density at radius 2 is 2.20 bits per heavy atom. The molecule has 0 bridgehead atoms. The first-order valence-electron chi connectivity index (χ1n) is 6.45. The fourth-order valence-corrected chi connectivity index (χ4v) is 1.58. The Morgan fingerprint density at radius 3 is 2.85 bits per heavy atom. The van der Waals surface area contributed by atoms with Crippen molar-refractivity contribution in [3.8, 4) is 5.95 Å². The van der Waals surface area contributed by atoms with Crippen molar-refractivity contribution >= 4 is 11.9 Å². The molecule has 0 aromatic carbocycles. The van der Waals surface area contributed by atoms with Crippen LogP contribution in [-0.2, 0) is 4.74 Å². The summed E-state index contributed by atoms with van der Waals surface area (Å²) in [5.41, 5.74) is 0. The average molecular weight is 277 g/mol. The molecule has 0 unspecified atom stereocenters. The lowest BCUT2D eigenvalue weighted by atomic mass is 10.6. The highest BCUT2D eigenvalue weighted by Crippen LogP contribution is 2.11. The van der Waals surface area contributed by atoms with Crippen molar-refractivity contribution in [1.29, 1.82) is 0 Å². The molecule has 0 aliphatic rings. The lowest BCUT2D eigenvalue weighted by Gasteiger charge is -2.17. The Kier molecular flexibility index (Phi) is 4.83.